The van der Waals surface area contributed by atoms with E-state index in [-0.39, 0.29) is 23.5 Å². The molecule has 2 aromatic rings. The number of anilines is 1. The number of hydrogen-bond donors (Lipinski definition) is 1. The van der Waals surface area contributed by atoms with Crippen molar-refractivity contribution in [3.05, 3.63) is 58.6 Å². The summed E-state index contributed by atoms with van der Waals surface area (Å²) in [6.07, 6.45) is 1.91. The summed E-state index contributed by atoms with van der Waals surface area (Å²) in [5, 5.41) is 2.50. The van der Waals surface area contributed by atoms with Crippen LogP contribution < -0.4 is 5.32 Å². The molecule has 1 heterocycles. The quantitative estimate of drug-likeness (QED) is 0.705. The summed E-state index contributed by atoms with van der Waals surface area (Å²) in [5.74, 6) is -1.57. The van der Waals surface area contributed by atoms with Crippen LogP contribution in [0.3, 0.4) is 0 Å². The van der Waals surface area contributed by atoms with Crippen molar-refractivity contribution in [2.24, 2.45) is 0 Å². The number of carbonyl (C=O) groups excluding carboxylic acids is 1. The van der Waals surface area contributed by atoms with Crippen molar-refractivity contribution in [3.63, 3.8) is 0 Å². The summed E-state index contributed by atoms with van der Waals surface area (Å²) in [6.45, 7) is 0.282. The molecule has 0 radical (unpaired) electrons. The lowest BCUT2D eigenvalue weighted by Gasteiger charge is -2.34. The molecule has 1 amide bonds. The van der Waals surface area contributed by atoms with E-state index < -0.39 is 33.6 Å². The minimum absolute atomic E-state index is 0.0137. The maximum Gasteiger partial charge on any atom is 0.243 e. The lowest BCUT2D eigenvalue weighted by Crippen LogP contribution is -2.45. The van der Waals surface area contributed by atoms with Gasteiger partial charge in [-0.3, -0.25) is 4.79 Å². The zero-order valence-electron chi connectivity index (χ0n) is 14.9. The first-order valence-electron chi connectivity index (χ1n) is 8.79. The van der Waals surface area contributed by atoms with Crippen LogP contribution in [0.4, 0.5) is 14.5 Å². The van der Waals surface area contributed by atoms with Crippen molar-refractivity contribution >= 4 is 37.5 Å². The molecular weight excluding hydrogens is 454 g/mol. The Kier molecular flexibility index (Phi) is 6.47. The van der Waals surface area contributed by atoms with Gasteiger partial charge in [-0.15, -0.1) is 0 Å². The molecule has 1 saturated heterocycles. The predicted molar refractivity (Wildman–Crippen MR) is 105 cm³/mol. The molecule has 0 unspecified atom stereocenters. The van der Waals surface area contributed by atoms with E-state index in [4.69, 9.17) is 0 Å². The molecule has 3 rings (SSSR count). The fourth-order valence-electron chi connectivity index (χ4n) is 3.24. The number of rotatable bonds is 5. The minimum atomic E-state index is -3.85. The van der Waals surface area contributed by atoms with E-state index in [9.17, 15) is 22.0 Å². The molecule has 0 aromatic heterocycles. The van der Waals surface area contributed by atoms with Crippen molar-refractivity contribution in [3.8, 4) is 0 Å². The summed E-state index contributed by atoms with van der Waals surface area (Å²) in [4.78, 5) is 12.4. The Balaban J connectivity index is 1.75. The molecule has 9 heteroatoms. The molecule has 1 atom stereocenters. The van der Waals surface area contributed by atoms with Crippen LogP contribution in [0.2, 0.25) is 0 Å². The molecule has 0 saturated carbocycles. The van der Waals surface area contributed by atoms with Crippen LogP contribution in [0, 0.1) is 11.6 Å². The molecule has 0 bridgehead atoms. The first-order chi connectivity index (χ1) is 13.3. The summed E-state index contributed by atoms with van der Waals surface area (Å²) in [6, 6.07) is 8.35. The number of nitrogens with one attached hydrogen (secondary N) is 1. The highest BCUT2D eigenvalue weighted by Gasteiger charge is 2.34. The molecular formula is C19H19BrF2N2O3S. The maximum absolute atomic E-state index is 13.9. The molecule has 1 N–H and O–H groups in total. The Bertz CT molecular complexity index is 968. The van der Waals surface area contributed by atoms with Crippen molar-refractivity contribution in [1.82, 2.24) is 4.31 Å². The highest BCUT2D eigenvalue weighted by atomic mass is 79.9. The van der Waals surface area contributed by atoms with Gasteiger partial charge in [-0.2, -0.15) is 4.31 Å². The van der Waals surface area contributed by atoms with Crippen LogP contribution in [0.15, 0.2) is 51.8 Å². The van der Waals surface area contributed by atoms with E-state index in [1.54, 1.807) is 6.07 Å². The molecule has 28 heavy (non-hydrogen) atoms. The topological polar surface area (TPSA) is 66.5 Å². The minimum Gasteiger partial charge on any atom is -0.324 e. The van der Waals surface area contributed by atoms with Crippen LogP contribution in [-0.4, -0.2) is 31.2 Å². The Morgan fingerprint density at radius 3 is 2.54 bits per heavy atom. The van der Waals surface area contributed by atoms with Gasteiger partial charge in [0.05, 0.1) is 10.6 Å². The molecule has 150 valence electrons. The molecule has 1 fully saturated rings. The van der Waals surface area contributed by atoms with Gasteiger partial charge < -0.3 is 5.32 Å². The van der Waals surface area contributed by atoms with Gasteiger partial charge in [-0.1, -0.05) is 22.4 Å². The zero-order valence-corrected chi connectivity index (χ0v) is 17.3. The van der Waals surface area contributed by atoms with E-state index in [0.29, 0.717) is 17.3 Å². The number of amides is 1. The van der Waals surface area contributed by atoms with Gasteiger partial charge in [0, 0.05) is 23.5 Å². The van der Waals surface area contributed by atoms with Gasteiger partial charge in [-0.25, -0.2) is 17.2 Å². The van der Waals surface area contributed by atoms with Gasteiger partial charge in [0.15, 0.2) is 0 Å². The van der Waals surface area contributed by atoms with Gasteiger partial charge in [0.1, 0.15) is 11.6 Å². The van der Waals surface area contributed by atoms with Crippen LogP contribution in [0.5, 0.6) is 0 Å². The van der Waals surface area contributed by atoms with Crippen LogP contribution in [-0.2, 0) is 14.8 Å². The first-order valence-corrected chi connectivity index (χ1v) is 11.0. The number of carbonyl (C=O) groups is 1. The average molecular weight is 473 g/mol. The summed E-state index contributed by atoms with van der Waals surface area (Å²) in [5.41, 5.74) is 0.0388. The Morgan fingerprint density at radius 2 is 1.86 bits per heavy atom. The molecule has 2 aromatic carbocycles. The third-order valence-electron chi connectivity index (χ3n) is 4.62. The second kappa shape index (κ2) is 8.67. The second-order valence-electron chi connectivity index (χ2n) is 6.60. The number of nitrogens with zero attached hydrogens (tertiary/aromatic N) is 1. The summed E-state index contributed by atoms with van der Waals surface area (Å²) in [7, 11) is -3.85. The first kappa shape index (κ1) is 20.9. The molecule has 1 aliphatic heterocycles. The average Bonchev–Trinajstić information content (AvgIpc) is 2.65. The number of sulfonamides is 1. The zero-order chi connectivity index (χ0) is 20.3. The van der Waals surface area contributed by atoms with Gasteiger partial charge in [0.25, 0.3) is 0 Å². The van der Waals surface area contributed by atoms with E-state index >= 15 is 0 Å². The summed E-state index contributed by atoms with van der Waals surface area (Å²) < 4.78 is 54.8. The van der Waals surface area contributed by atoms with E-state index in [1.807, 2.05) is 0 Å². The Labute approximate surface area is 170 Å². The lowest BCUT2D eigenvalue weighted by molar-refractivity contribution is -0.117. The van der Waals surface area contributed by atoms with Gasteiger partial charge in [-0.05, 0) is 55.3 Å². The van der Waals surface area contributed by atoms with E-state index in [2.05, 4.69) is 21.2 Å². The number of hydrogen-bond acceptors (Lipinski definition) is 3. The van der Waals surface area contributed by atoms with Crippen LogP contribution in [0.25, 0.3) is 0 Å². The van der Waals surface area contributed by atoms with Crippen molar-refractivity contribution in [1.29, 1.82) is 0 Å². The second-order valence-corrected chi connectivity index (χ2v) is 9.40. The predicted octanol–water partition coefficient (Wildman–Crippen LogP) is 4.30. The smallest absolute Gasteiger partial charge is 0.243 e. The fourth-order valence-corrected chi connectivity index (χ4v) is 5.27. The van der Waals surface area contributed by atoms with Crippen LogP contribution in [0.1, 0.15) is 25.7 Å². The molecule has 0 spiro atoms. The van der Waals surface area contributed by atoms with Crippen molar-refractivity contribution < 1.29 is 22.0 Å². The lowest BCUT2D eigenvalue weighted by atomic mass is 10.0. The number of piperidine rings is 1. The molecule has 0 aliphatic carbocycles. The van der Waals surface area contributed by atoms with Gasteiger partial charge in [0.2, 0.25) is 15.9 Å². The maximum atomic E-state index is 13.9. The van der Waals surface area contributed by atoms with Gasteiger partial charge >= 0.3 is 0 Å². The highest BCUT2D eigenvalue weighted by Crippen LogP contribution is 2.28. The van der Waals surface area contributed by atoms with E-state index in [0.717, 1.165) is 18.6 Å². The normalized spacial score (nSPS) is 18.0. The summed E-state index contributed by atoms with van der Waals surface area (Å²) >= 11 is 3.15. The molecule has 5 nitrogen and oxygen atoms in total. The van der Waals surface area contributed by atoms with Crippen molar-refractivity contribution in [2.75, 3.05) is 11.9 Å². The molecule has 1 aliphatic rings. The highest BCUT2D eigenvalue weighted by molar-refractivity contribution is 9.10. The Morgan fingerprint density at radius 1 is 1.14 bits per heavy atom. The van der Waals surface area contributed by atoms with Crippen molar-refractivity contribution in [2.45, 2.75) is 36.6 Å². The van der Waals surface area contributed by atoms with Crippen LogP contribution >= 0.6 is 15.9 Å². The number of halogens is 3. The third kappa shape index (κ3) is 4.76. The Hall–Kier alpha value is -1.84. The monoisotopic (exact) mass is 472 g/mol. The SMILES string of the molecule is O=C(C[C@@H]1CCCCN1S(=O)(=O)c1ccc(F)cc1)Nc1ccc(Br)cc1F. The van der Waals surface area contributed by atoms with E-state index in [1.165, 1.54) is 28.6 Å². The third-order valence-corrected chi connectivity index (χ3v) is 7.08. The standard InChI is InChI=1S/C19H19BrF2N2O3S/c20-13-4-9-18(17(22)11-13)23-19(25)12-15-3-1-2-10-24(15)28(26,27)16-7-5-14(21)6-8-16/h4-9,11,15H,1-3,10,12H2,(H,23,25)/t15-/m0/s1. The largest absolute Gasteiger partial charge is 0.324 e. The fraction of sp³-hybridized carbons (Fsp3) is 0.316. The number of benzene rings is 2.